The number of carbonyl (C=O) groups is 1. The summed E-state index contributed by atoms with van der Waals surface area (Å²) in [6.45, 7) is 0.545. The van der Waals surface area contributed by atoms with Crippen molar-refractivity contribution in [2.24, 2.45) is 0 Å². The molecular weight excluding hydrogens is 218 g/mol. The van der Waals surface area contributed by atoms with Crippen LogP contribution in [-0.2, 0) is 14.6 Å². The number of aliphatic hydroxyl groups excluding tert-OH is 1. The number of sulfone groups is 1. The van der Waals surface area contributed by atoms with Crippen molar-refractivity contribution >= 4 is 15.7 Å². The van der Waals surface area contributed by atoms with Crippen LogP contribution < -0.4 is 0 Å². The SMILES string of the molecule is O=C1CC(O)CN1CC1CCCS1(=O)=O. The minimum absolute atomic E-state index is 0.132. The molecule has 5 nitrogen and oxygen atoms in total. The summed E-state index contributed by atoms with van der Waals surface area (Å²) in [7, 11) is -2.99. The van der Waals surface area contributed by atoms with Gasteiger partial charge in [-0.3, -0.25) is 4.79 Å². The molecule has 0 bridgehead atoms. The number of hydrogen-bond acceptors (Lipinski definition) is 4. The molecular formula is C9H15NO4S. The molecule has 1 N–H and O–H groups in total. The molecule has 2 saturated heterocycles. The van der Waals surface area contributed by atoms with Gasteiger partial charge in [0.05, 0.1) is 23.5 Å². The second kappa shape index (κ2) is 3.75. The van der Waals surface area contributed by atoms with Crippen molar-refractivity contribution in [3.8, 4) is 0 Å². The second-order valence-corrected chi connectivity index (χ2v) is 6.69. The minimum Gasteiger partial charge on any atom is -0.391 e. The van der Waals surface area contributed by atoms with Gasteiger partial charge in [-0.15, -0.1) is 0 Å². The van der Waals surface area contributed by atoms with Crippen LogP contribution in [0.4, 0.5) is 0 Å². The monoisotopic (exact) mass is 233 g/mol. The molecule has 2 unspecified atom stereocenters. The Balaban J connectivity index is 2.01. The Morgan fingerprint density at radius 2 is 2.20 bits per heavy atom. The molecule has 2 rings (SSSR count). The lowest BCUT2D eigenvalue weighted by Crippen LogP contribution is -2.36. The van der Waals surface area contributed by atoms with Gasteiger partial charge in [-0.1, -0.05) is 0 Å². The summed E-state index contributed by atoms with van der Waals surface area (Å²) < 4.78 is 23.1. The van der Waals surface area contributed by atoms with Crippen LogP contribution in [0, 0.1) is 0 Å². The summed E-state index contributed by atoms with van der Waals surface area (Å²) in [6.07, 6.45) is 0.841. The highest BCUT2D eigenvalue weighted by atomic mass is 32.2. The molecule has 0 aromatic heterocycles. The lowest BCUT2D eigenvalue weighted by molar-refractivity contribution is -0.127. The van der Waals surface area contributed by atoms with Gasteiger partial charge in [-0.05, 0) is 12.8 Å². The van der Waals surface area contributed by atoms with Gasteiger partial charge in [0.1, 0.15) is 0 Å². The fraction of sp³-hybridized carbons (Fsp3) is 0.889. The predicted octanol–water partition coefficient (Wildman–Crippen LogP) is -0.843. The molecule has 0 aliphatic carbocycles. The number of carbonyl (C=O) groups excluding carboxylic acids is 1. The molecule has 0 radical (unpaired) electrons. The van der Waals surface area contributed by atoms with Gasteiger partial charge < -0.3 is 10.0 Å². The Morgan fingerprint density at radius 1 is 1.47 bits per heavy atom. The number of β-amino-alcohol motifs (C(OH)–C–C–N with tert-alkyl or cyclic N) is 1. The van der Waals surface area contributed by atoms with Gasteiger partial charge in [0.25, 0.3) is 0 Å². The molecule has 0 aromatic carbocycles. The molecule has 0 aromatic rings. The van der Waals surface area contributed by atoms with Crippen molar-refractivity contribution in [1.82, 2.24) is 4.90 Å². The zero-order valence-electron chi connectivity index (χ0n) is 8.42. The molecule has 0 saturated carbocycles. The Kier molecular flexibility index (Phi) is 2.72. The first-order chi connectivity index (χ1) is 6.99. The standard InChI is InChI=1S/C9H15NO4S/c11-7-4-9(12)10(5-7)6-8-2-1-3-15(8,13)14/h7-8,11H,1-6H2. The third-order valence-electron chi connectivity index (χ3n) is 3.08. The number of nitrogens with zero attached hydrogens (tertiary/aromatic N) is 1. The highest BCUT2D eigenvalue weighted by Crippen LogP contribution is 2.22. The maximum Gasteiger partial charge on any atom is 0.225 e. The van der Waals surface area contributed by atoms with Crippen molar-refractivity contribution in [3.05, 3.63) is 0 Å². The summed E-state index contributed by atoms with van der Waals surface area (Å²) >= 11 is 0. The molecule has 15 heavy (non-hydrogen) atoms. The molecule has 86 valence electrons. The van der Waals surface area contributed by atoms with Crippen LogP contribution >= 0.6 is 0 Å². The average molecular weight is 233 g/mol. The van der Waals surface area contributed by atoms with E-state index in [4.69, 9.17) is 0 Å². The lowest BCUT2D eigenvalue weighted by Gasteiger charge is -2.19. The molecule has 6 heteroatoms. The summed E-state index contributed by atoms with van der Waals surface area (Å²) in [6, 6.07) is 0. The quantitative estimate of drug-likeness (QED) is 0.674. The van der Waals surface area contributed by atoms with Gasteiger partial charge in [0.15, 0.2) is 9.84 Å². The van der Waals surface area contributed by atoms with Crippen molar-refractivity contribution in [2.45, 2.75) is 30.6 Å². The van der Waals surface area contributed by atoms with E-state index in [9.17, 15) is 18.3 Å². The summed E-state index contributed by atoms with van der Waals surface area (Å²) in [5, 5.41) is 8.85. The molecule has 2 atom stereocenters. The molecule has 2 fully saturated rings. The van der Waals surface area contributed by atoms with Crippen LogP contribution in [0.5, 0.6) is 0 Å². The number of hydrogen-bond donors (Lipinski definition) is 1. The zero-order chi connectivity index (χ0) is 11.1. The first-order valence-corrected chi connectivity index (χ1v) is 6.88. The van der Waals surface area contributed by atoms with Gasteiger partial charge >= 0.3 is 0 Å². The van der Waals surface area contributed by atoms with Crippen LogP contribution in [0.25, 0.3) is 0 Å². The molecule has 0 spiro atoms. The Hall–Kier alpha value is -0.620. The van der Waals surface area contributed by atoms with Gasteiger partial charge in [-0.25, -0.2) is 8.42 Å². The largest absolute Gasteiger partial charge is 0.391 e. The van der Waals surface area contributed by atoms with Crippen LogP contribution in [0.1, 0.15) is 19.3 Å². The van der Waals surface area contributed by atoms with Crippen molar-refractivity contribution in [1.29, 1.82) is 0 Å². The highest BCUT2D eigenvalue weighted by Gasteiger charge is 2.36. The number of rotatable bonds is 2. The second-order valence-electron chi connectivity index (χ2n) is 4.29. The first kappa shape index (κ1) is 10.9. The highest BCUT2D eigenvalue weighted by molar-refractivity contribution is 7.92. The summed E-state index contributed by atoms with van der Waals surface area (Å²) in [5.41, 5.74) is 0. The number of likely N-dealkylation sites (tertiary alicyclic amines) is 1. The van der Waals surface area contributed by atoms with Crippen LogP contribution in [-0.4, -0.2) is 54.5 Å². The van der Waals surface area contributed by atoms with Crippen LogP contribution in [0.3, 0.4) is 0 Å². The summed E-state index contributed by atoms with van der Waals surface area (Å²) in [5.74, 6) is 0.104. The zero-order valence-corrected chi connectivity index (χ0v) is 9.24. The maximum absolute atomic E-state index is 11.5. The van der Waals surface area contributed by atoms with E-state index in [1.54, 1.807) is 0 Å². The van der Waals surface area contributed by atoms with Crippen molar-refractivity contribution in [2.75, 3.05) is 18.8 Å². The van der Waals surface area contributed by atoms with E-state index < -0.39 is 21.2 Å². The third kappa shape index (κ3) is 2.15. The van der Waals surface area contributed by atoms with E-state index in [1.807, 2.05) is 0 Å². The third-order valence-corrected chi connectivity index (χ3v) is 5.34. The Morgan fingerprint density at radius 3 is 2.67 bits per heavy atom. The number of amides is 1. The number of aliphatic hydroxyl groups is 1. The van der Waals surface area contributed by atoms with Gasteiger partial charge in [-0.2, -0.15) is 0 Å². The molecule has 1 amide bonds. The predicted molar refractivity (Wildman–Crippen MR) is 54.0 cm³/mol. The van der Waals surface area contributed by atoms with Crippen LogP contribution in [0.2, 0.25) is 0 Å². The molecule has 2 heterocycles. The maximum atomic E-state index is 11.5. The topological polar surface area (TPSA) is 74.7 Å². The Bertz CT molecular complexity index is 364. The minimum atomic E-state index is -2.99. The van der Waals surface area contributed by atoms with E-state index in [1.165, 1.54) is 4.90 Å². The van der Waals surface area contributed by atoms with Gasteiger partial charge in [0.2, 0.25) is 5.91 Å². The van der Waals surface area contributed by atoms with Crippen molar-refractivity contribution in [3.63, 3.8) is 0 Å². The fourth-order valence-corrected chi connectivity index (χ4v) is 4.07. The average Bonchev–Trinajstić information content (AvgIpc) is 2.58. The smallest absolute Gasteiger partial charge is 0.225 e. The van der Waals surface area contributed by atoms with E-state index in [-0.39, 0.29) is 31.2 Å². The van der Waals surface area contributed by atoms with E-state index in [2.05, 4.69) is 0 Å². The molecule has 2 aliphatic heterocycles. The van der Waals surface area contributed by atoms with E-state index >= 15 is 0 Å². The van der Waals surface area contributed by atoms with Gasteiger partial charge in [0, 0.05) is 13.1 Å². The summed E-state index contributed by atoms with van der Waals surface area (Å²) in [4.78, 5) is 12.8. The first-order valence-electron chi connectivity index (χ1n) is 5.16. The fourth-order valence-electron chi connectivity index (χ4n) is 2.24. The van der Waals surface area contributed by atoms with Crippen molar-refractivity contribution < 1.29 is 18.3 Å². The molecule has 2 aliphatic rings. The Labute approximate surface area is 89.0 Å². The normalized spacial score (nSPS) is 35.0. The van der Waals surface area contributed by atoms with Crippen LogP contribution in [0.15, 0.2) is 0 Å². The van der Waals surface area contributed by atoms with E-state index in [0.29, 0.717) is 12.8 Å². The van der Waals surface area contributed by atoms with E-state index in [0.717, 1.165) is 0 Å². The lowest BCUT2D eigenvalue weighted by atomic mass is 10.2.